The van der Waals surface area contributed by atoms with Crippen molar-refractivity contribution in [3.05, 3.63) is 76.3 Å². The molecule has 2 bridgehead atoms. The summed E-state index contributed by atoms with van der Waals surface area (Å²) in [6.45, 7) is 12.5. The van der Waals surface area contributed by atoms with Crippen LogP contribution in [0.4, 0.5) is 10.6 Å². The Hall–Kier alpha value is -4.11. The first-order valence-electron chi connectivity index (χ1n) is 15.3. The molecule has 3 aliphatic heterocycles. The molecule has 2 fully saturated rings. The van der Waals surface area contributed by atoms with Gasteiger partial charge < -0.3 is 28.7 Å². The summed E-state index contributed by atoms with van der Waals surface area (Å²) in [5.41, 5.74) is 6.98. The fourth-order valence-corrected chi connectivity index (χ4v) is 6.62. The van der Waals surface area contributed by atoms with Gasteiger partial charge in [-0.1, -0.05) is 30.3 Å². The SMILES string of the molecule is COC(=O)C1C2CN(c3cccc(-c4cccc(C)c4OCc4ccc5c(c4C)CCN(C(=O)OC(C)(C)C)C5)n3)C1CO2. The maximum Gasteiger partial charge on any atom is 0.410 e. The van der Waals surface area contributed by atoms with Crippen molar-refractivity contribution in [2.24, 2.45) is 5.92 Å². The number of rotatable bonds is 6. The van der Waals surface area contributed by atoms with Crippen LogP contribution in [0, 0.1) is 19.8 Å². The quantitative estimate of drug-likeness (QED) is 0.338. The van der Waals surface area contributed by atoms with E-state index in [9.17, 15) is 9.59 Å². The standard InChI is InChI=1S/C35H41N3O6/c1-21-9-7-10-26(27-11-8-12-30(36-27)38-18-29-31(33(39)41-6)28(38)20-42-29)32(21)43-19-24-14-13-23-17-37(16-15-25(23)22(24)2)34(40)44-35(3,4)5/h7-14,28-29,31H,15-20H2,1-6H3. The van der Waals surface area contributed by atoms with Crippen LogP contribution in [-0.2, 0) is 38.6 Å². The third-order valence-electron chi connectivity index (χ3n) is 8.89. The number of benzene rings is 2. The van der Waals surface area contributed by atoms with Gasteiger partial charge in [0.1, 0.15) is 29.7 Å². The Morgan fingerprint density at radius 2 is 1.86 bits per heavy atom. The maximum absolute atomic E-state index is 12.7. The van der Waals surface area contributed by atoms with Crippen LogP contribution in [0.15, 0.2) is 48.5 Å². The zero-order valence-electron chi connectivity index (χ0n) is 26.4. The van der Waals surface area contributed by atoms with Gasteiger partial charge in [-0.15, -0.1) is 0 Å². The predicted octanol–water partition coefficient (Wildman–Crippen LogP) is 5.61. The summed E-state index contributed by atoms with van der Waals surface area (Å²) in [6.07, 6.45) is 0.323. The number of carbonyl (C=O) groups is 2. The number of carbonyl (C=O) groups excluding carboxylic acids is 2. The molecule has 0 aliphatic carbocycles. The van der Waals surface area contributed by atoms with Crippen molar-refractivity contribution in [2.45, 2.75) is 71.9 Å². The number of anilines is 1. The van der Waals surface area contributed by atoms with E-state index in [4.69, 9.17) is 23.9 Å². The van der Waals surface area contributed by atoms with Gasteiger partial charge in [0.2, 0.25) is 0 Å². The van der Waals surface area contributed by atoms with Gasteiger partial charge in [0, 0.05) is 25.2 Å². The van der Waals surface area contributed by atoms with E-state index in [1.165, 1.54) is 18.2 Å². The fourth-order valence-electron chi connectivity index (χ4n) is 6.62. The van der Waals surface area contributed by atoms with Crippen molar-refractivity contribution in [1.29, 1.82) is 0 Å². The first-order valence-corrected chi connectivity index (χ1v) is 15.3. The fraction of sp³-hybridized carbons (Fsp3) is 0.457. The van der Waals surface area contributed by atoms with Crippen LogP contribution in [0.1, 0.15) is 48.6 Å². The molecule has 44 heavy (non-hydrogen) atoms. The number of amides is 1. The summed E-state index contributed by atoms with van der Waals surface area (Å²) >= 11 is 0. The van der Waals surface area contributed by atoms with Gasteiger partial charge in [-0.2, -0.15) is 0 Å². The monoisotopic (exact) mass is 599 g/mol. The number of morpholine rings is 1. The van der Waals surface area contributed by atoms with Gasteiger partial charge in [-0.3, -0.25) is 4.79 Å². The number of hydrogen-bond donors (Lipinski definition) is 0. The summed E-state index contributed by atoms with van der Waals surface area (Å²) in [6, 6.07) is 16.2. The molecule has 9 nitrogen and oxygen atoms in total. The summed E-state index contributed by atoms with van der Waals surface area (Å²) in [5.74, 6) is 1.07. The number of ether oxygens (including phenoxy) is 4. The van der Waals surface area contributed by atoms with Crippen LogP contribution in [0.2, 0.25) is 0 Å². The average Bonchev–Trinajstić information content (AvgIpc) is 3.58. The second kappa shape index (κ2) is 11.8. The van der Waals surface area contributed by atoms with Crippen LogP contribution in [0.25, 0.3) is 11.3 Å². The lowest BCUT2D eigenvalue weighted by molar-refractivity contribution is -0.146. The largest absolute Gasteiger partial charge is 0.488 e. The second-order valence-electron chi connectivity index (χ2n) is 12.9. The zero-order chi connectivity index (χ0) is 31.2. The molecule has 1 aromatic heterocycles. The van der Waals surface area contributed by atoms with Crippen LogP contribution in [0.3, 0.4) is 0 Å². The van der Waals surface area contributed by atoms with E-state index in [2.05, 4.69) is 24.0 Å². The first kappa shape index (κ1) is 29.9. The van der Waals surface area contributed by atoms with Gasteiger partial charge in [-0.25, -0.2) is 9.78 Å². The van der Waals surface area contributed by atoms with Crippen molar-refractivity contribution in [3.8, 4) is 17.0 Å². The number of methoxy groups -OCH3 is 1. The molecule has 9 heteroatoms. The Labute approximate surface area is 259 Å². The molecule has 6 rings (SSSR count). The highest BCUT2D eigenvalue weighted by molar-refractivity contribution is 5.77. The van der Waals surface area contributed by atoms with Crippen LogP contribution >= 0.6 is 0 Å². The summed E-state index contributed by atoms with van der Waals surface area (Å²) in [7, 11) is 1.42. The third-order valence-corrected chi connectivity index (χ3v) is 8.89. The molecule has 3 atom stereocenters. The molecule has 4 heterocycles. The Kier molecular flexibility index (Phi) is 8.01. The minimum absolute atomic E-state index is 0.0911. The number of para-hydroxylation sites is 1. The lowest BCUT2D eigenvalue weighted by Gasteiger charge is -2.32. The first-order chi connectivity index (χ1) is 21.0. The number of aryl methyl sites for hydroxylation is 1. The molecule has 3 unspecified atom stereocenters. The van der Waals surface area contributed by atoms with Gasteiger partial charge in [-0.05, 0) is 87.1 Å². The minimum atomic E-state index is -0.518. The summed E-state index contributed by atoms with van der Waals surface area (Å²) in [5, 5.41) is 0. The normalized spacial score (nSPS) is 20.8. The van der Waals surface area contributed by atoms with E-state index in [0.29, 0.717) is 32.8 Å². The highest BCUT2D eigenvalue weighted by Gasteiger charge is 2.53. The number of pyridine rings is 1. The van der Waals surface area contributed by atoms with E-state index in [0.717, 1.165) is 45.9 Å². The highest BCUT2D eigenvalue weighted by atomic mass is 16.6. The highest BCUT2D eigenvalue weighted by Crippen LogP contribution is 2.39. The Morgan fingerprint density at radius 1 is 1.07 bits per heavy atom. The maximum atomic E-state index is 12.7. The van der Waals surface area contributed by atoms with Crippen molar-refractivity contribution in [1.82, 2.24) is 9.88 Å². The zero-order valence-corrected chi connectivity index (χ0v) is 26.4. The van der Waals surface area contributed by atoms with Crippen LogP contribution < -0.4 is 9.64 Å². The number of fused-ring (bicyclic) bond motifs is 3. The second-order valence-corrected chi connectivity index (χ2v) is 12.9. The Morgan fingerprint density at radius 3 is 2.64 bits per heavy atom. The topological polar surface area (TPSA) is 90.4 Å². The van der Waals surface area contributed by atoms with Gasteiger partial charge >= 0.3 is 12.1 Å². The van der Waals surface area contributed by atoms with Gasteiger partial charge in [0.15, 0.2) is 0 Å². The van der Waals surface area contributed by atoms with E-state index < -0.39 is 5.60 Å². The molecule has 3 aromatic rings. The summed E-state index contributed by atoms with van der Waals surface area (Å²) < 4.78 is 23.0. The van der Waals surface area contributed by atoms with Crippen LogP contribution in [0.5, 0.6) is 5.75 Å². The van der Waals surface area contributed by atoms with Crippen molar-refractivity contribution in [2.75, 3.05) is 31.7 Å². The molecule has 2 aromatic carbocycles. The molecule has 0 N–H and O–H groups in total. The van der Waals surface area contributed by atoms with E-state index in [1.54, 1.807) is 4.90 Å². The number of hydrogen-bond acceptors (Lipinski definition) is 8. The Balaban J connectivity index is 1.20. The lowest BCUT2D eigenvalue weighted by atomic mass is 9.92. The molecule has 232 valence electrons. The molecule has 0 saturated carbocycles. The van der Waals surface area contributed by atoms with Crippen molar-refractivity contribution in [3.63, 3.8) is 0 Å². The van der Waals surface area contributed by atoms with Crippen molar-refractivity contribution < 1.29 is 28.5 Å². The van der Waals surface area contributed by atoms with E-state index in [-0.39, 0.29) is 30.1 Å². The van der Waals surface area contributed by atoms with Gasteiger partial charge in [0.05, 0.1) is 31.6 Å². The predicted molar refractivity (Wildman–Crippen MR) is 167 cm³/mol. The average molecular weight is 600 g/mol. The molecule has 0 radical (unpaired) electrons. The summed E-state index contributed by atoms with van der Waals surface area (Å²) in [4.78, 5) is 34.0. The molecular weight excluding hydrogens is 558 g/mol. The Bertz CT molecular complexity index is 1580. The molecule has 3 aliphatic rings. The molecule has 2 saturated heterocycles. The van der Waals surface area contributed by atoms with E-state index in [1.807, 2.05) is 64.1 Å². The molecular formula is C35H41N3O6. The van der Waals surface area contributed by atoms with Gasteiger partial charge in [0.25, 0.3) is 0 Å². The molecule has 1 amide bonds. The third kappa shape index (κ3) is 5.73. The van der Waals surface area contributed by atoms with E-state index >= 15 is 0 Å². The minimum Gasteiger partial charge on any atom is -0.488 e. The van der Waals surface area contributed by atoms with Crippen molar-refractivity contribution >= 4 is 17.9 Å². The van der Waals surface area contributed by atoms with Crippen LogP contribution in [-0.4, -0.2) is 66.5 Å². The number of aromatic nitrogens is 1. The lowest BCUT2D eigenvalue weighted by Crippen LogP contribution is -2.40. The number of nitrogens with zero attached hydrogens (tertiary/aromatic N) is 3. The number of esters is 1. The molecule has 0 spiro atoms. The smallest absolute Gasteiger partial charge is 0.410 e.